The van der Waals surface area contributed by atoms with Gasteiger partial charge in [0.15, 0.2) is 0 Å². The molecular weight excluding hydrogens is 252 g/mol. The van der Waals surface area contributed by atoms with Gasteiger partial charge in [-0.1, -0.05) is 30.3 Å². The minimum absolute atomic E-state index is 0.0888. The van der Waals surface area contributed by atoms with Gasteiger partial charge in [-0.25, -0.2) is 4.98 Å². The van der Waals surface area contributed by atoms with E-state index in [0.29, 0.717) is 0 Å². The molecule has 0 bridgehead atoms. The lowest BCUT2D eigenvalue weighted by atomic mass is 10.1. The van der Waals surface area contributed by atoms with Crippen molar-refractivity contribution in [2.75, 3.05) is 18.8 Å². The minimum atomic E-state index is -0.0888. The third-order valence-corrected chi connectivity index (χ3v) is 3.71. The Morgan fingerprint density at radius 1 is 1.20 bits per heavy atom. The molecule has 0 saturated carbocycles. The Morgan fingerprint density at radius 3 is 2.75 bits per heavy atom. The van der Waals surface area contributed by atoms with Crippen LogP contribution in [0.25, 0.3) is 0 Å². The van der Waals surface area contributed by atoms with Crippen molar-refractivity contribution in [2.24, 2.45) is 0 Å². The highest BCUT2D eigenvalue weighted by atomic mass is 16.1. The van der Waals surface area contributed by atoms with E-state index in [2.05, 4.69) is 39.1 Å². The zero-order chi connectivity index (χ0) is 13.9. The lowest BCUT2D eigenvalue weighted by Gasteiger charge is -2.19. The lowest BCUT2D eigenvalue weighted by Crippen LogP contribution is -2.26. The van der Waals surface area contributed by atoms with Gasteiger partial charge in [-0.15, -0.1) is 0 Å². The smallest absolute Gasteiger partial charge is 0.255 e. The Kier molecular flexibility index (Phi) is 3.52. The van der Waals surface area contributed by atoms with Crippen LogP contribution < -0.4 is 11.3 Å². The minimum Gasteiger partial charge on any atom is -0.369 e. The molecule has 104 valence electrons. The quantitative estimate of drug-likeness (QED) is 0.852. The normalized spacial score (nSPS) is 15.6. The molecule has 0 amide bonds. The highest BCUT2D eigenvalue weighted by Crippen LogP contribution is 2.13. The van der Waals surface area contributed by atoms with E-state index < -0.39 is 0 Å². The molecule has 2 heterocycles. The molecule has 20 heavy (non-hydrogen) atoms. The van der Waals surface area contributed by atoms with Gasteiger partial charge in [-0.2, -0.15) is 0 Å². The molecule has 0 fully saturated rings. The lowest BCUT2D eigenvalue weighted by molar-refractivity contribution is 0.279. The first-order chi connectivity index (χ1) is 9.72. The number of aromatic amines is 1. The van der Waals surface area contributed by atoms with Gasteiger partial charge in [-0.3, -0.25) is 14.7 Å². The van der Waals surface area contributed by atoms with E-state index in [1.54, 1.807) is 0 Å². The van der Waals surface area contributed by atoms with Gasteiger partial charge in [0.05, 0.1) is 5.69 Å². The number of hydrogen-bond donors (Lipinski definition) is 2. The van der Waals surface area contributed by atoms with Gasteiger partial charge in [0.25, 0.3) is 5.56 Å². The summed E-state index contributed by atoms with van der Waals surface area (Å²) in [6.07, 6.45) is 1.50. The number of nitrogens with two attached hydrogens (primary N) is 1. The number of anilines is 1. The summed E-state index contributed by atoms with van der Waals surface area (Å²) in [5.41, 5.74) is 8.45. The molecule has 1 aliphatic heterocycles. The molecule has 0 radical (unpaired) electrons. The summed E-state index contributed by atoms with van der Waals surface area (Å²) in [5, 5.41) is 0. The van der Waals surface area contributed by atoms with Gasteiger partial charge >= 0.3 is 0 Å². The molecule has 1 aliphatic rings. The summed E-state index contributed by atoms with van der Waals surface area (Å²) in [6, 6.07) is 10.4. The third-order valence-electron chi connectivity index (χ3n) is 3.71. The molecule has 0 spiro atoms. The number of fused-ring (bicyclic) bond motifs is 1. The van der Waals surface area contributed by atoms with Crippen molar-refractivity contribution in [1.82, 2.24) is 14.9 Å². The predicted molar refractivity (Wildman–Crippen MR) is 78.4 cm³/mol. The van der Waals surface area contributed by atoms with Crippen molar-refractivity contribution in [2.45, 2.75) is 19.4 Å². The van der Waals surface area contributed by atoms with Crippen molar-refractivity contribution in [3.8, 4) is 0 Å². The third kappa shape index (κ3) is 2.72. The van der Waals surface area contributed by atoms with Crippen molar-refractivity contribution >= 4 is 5.95 Å². The Morgan fingerprint density at radius 2 is 1.95 bits per heavy atom. The predicted octanol–water partition coefficient (Wildman–Crippen LogP) is 0.953. The first kappa shape index (κ1) is 12.9. The molecule has 0 atom stereocenters. The number of aromatic nitrogens is 2. The van der Waals surface area contributed by atoms with Crippen LogP contribution in [0, 0.1) is 0 Å². The SMILES string of the molecule is Nc1nc2c(c(=O)[nH]1)CCN(Cc1ccccc1)CC2. The van der Waals surface area contributed by atoms with Crippen LogP contribution in [-0.2, 0) is 19.4 Å². The van der Waals surface area contributed by atoms with E-state index in [1.807, 2.05) is 6.07 Å². The van der Waals surface area contributed by atoms with Crippen molar-refractivity contribution < 1.29 is 0 Å². The van der Waals surface area contributed by atoms with Gasteiger partial charge in [0.1, 0.15) is 0 Å². The summed E-state index contributed by atoms with van der Waals surface area (Å²) in [5.74, 6) is 0.213. The maximum absolute atomic E-state index is 11.9. The van der Waals surface area contributed by atoms with E-state index in [4.69, 9.17) is 5.73 Å². The maximum Gasteiger partial charge on any atom is 0.255 e. The monoisotopic (exact) mass is 270 g/mol. The fourth-order valence-electron chi connectivity index (χ4n) is 2.67. The van der Waals surface area contributed by atoms with Crippen LogP contribution >= 0.6 is 0 Å². The van der Waals surface area contributed by atoms with Crippen LogP contribution in [0.3, 0.4) is 0 Å². The summed E-state index contributed by atoms with van der Waals surface area (Å²) in [6.45, 7) is 2.68. The molecule has 2 aromatic rings. The number of nitrogens with zero attached hydrogens (tertiary/aromatic N) is 2. The average molecular weight is 270 g/mol. The number of rotatable bonds is 2. The first-order valence-electron chi connectivity index (χ1n) is 6.86. The van der Waals surface area contributed by atoms with Crippen LogP contribution in [0.1, 0.15) is 16.8 Å². The van der Waals surface area contributed by atoms with E-state index >= 15 is 0 Å². The Balaban J connectivity index is 1.76. The largest absolute Gasteiger partial charge is 0.369 e. The topological polar surface area (TPSA) is 75.0 Å². The number of H-pyrrole nitrogens is 1. The fraction of sp³-hybridized carbons (Fsp3) is 0.333. The molecular formula is C15H18N4O. The standard InChI is InChI=1S/C15H18N4O/c16-15-17-13-7-9-19(8-6-12(13)14(20)18-15)10-11-4-2-1-3-5-11/h1-5H,6-10H2,(H3,16,17,18,20). The Labute approximate surface area is 117 Å². The summed E-state index contributed by atoms with van der Waals surface area (Å²) < 4.78 is 0. The number of benzene rings is 1. The van der Waals surface area contributed by atoms with Gasteiger partial charge < -0.3 is 5.73 Å². The van der Waals surface area contributed by atoms with Crippen LogP contribution in [0.15, 0.2) is 35.1 Å². The molecule has 1 aromatic heterocycles. The van der Waals surface area contributed by atoms with Gasteiger partial charge in [0.2, 0.25) is 5.95 Å². The number of nitrogens with one attached hydrogen (secondary N) is 1. The van der Waals surface area contributed by atoms with Crippen LogP contribution in [0.4, 0.5) is 5.95 Å². The highest BCUT2D eigenvalue weighted by Gasteiger charge is 2.18. The molecule has 0 unspecified atom stereocenters. The Hall–Kier alpha value is -2.14. The van der Waals surface area contributed by atoms with Crippen LogP contribution in [0.2, 0.25) is 0 Å². The molecule has 5 nitrogen and oxygen atoms in total. The Bertz CT molecular complexity index is 651. The van der Waals surface area contributed by atoms with E-state index in [1.165, 1.54) is 5.56 Å². The average Bonchev–Trinajstić information content (AvgIpc) is 2.63. The number of nitrogen functional groups attached to an aromatic ring is 1. The van der Waals surface area contributed by atoms with E-state index in [0.717, 1.165) is 43.7 Å². The van der Waals surface area contributed by atoms with E-state index in [-0.39, 0.29) is 11.5 Å². The fourth-order valence-corrected chi connectivity index (χ4v) is 2.67. The second-order valence-corrected chi connectivity index (χ2v) is 5.14. The zero-order valence-electron chi connectivity index (χ0n) is 11.3. The molecule has 3 N–H and O–H groups in total. The highest BCUT2D eigenvalue weighted by molar-refractivity contribution is 5.27. The molecule has 0 aliphatic carbocycles. The maximum atomic E-state index is 11.9. The molecule has 0 saturated heterocycles. The van der Waals surface area contributed by atoms with Crippen molar-refractivity contribution in [1.29, 1.82) is 0 Å². The molecule has 5 heteroatoms. The van der Waals surface area contributed by atoms with Crippen molar-refractivity contribution in [3.63, 3.8) is 0 Å². The van der Waals surface area contributed by atoms with Gasteiger partial charge in [-0.05, 0) is 12.0 Å². The zero-order valence-corrected chi connectivity index (χ0v) is 11.3. The van der Waals surface area contributed by atoms with Crippen LogP contribution in [0.5, 0.6) is 0 Å². The second kappa shape index (κ2) is 5.46. The summed E-state index contributed by atoms with van der Waals surface area (Å²) >= 11 is 0. The molecule has 3 rings (SSSR count). The number of hydrogen-bond acceptors (Lipinski definition) is 4. The van der Waals surface area contributed by atoms with E-state index in [9.17, 15) is 4.79 Å². The van der Waals surface area contributed by atoms with Crippen LogP contribution in [-0.4, -0.2) is 28.0 Å². The van der Waals surface area contributed by atoms with Gasteiger partial charge in [0, 0.05) is 31.6 Å². The second-order valence-electron chi connectivity index (χ2n) is 5.14. The van der Waals surface area contributed by atoms with Crippen molar-refractivity contribution in [3.05, 3.63) is 57.5 Å². The molecule has 1 aromatic carbocycles. The summed E-state index contributed by atoms with van der Waals surface area (Å²) in [4.78, 5) is 21.1. The summed E-state index contributed by atoms with van der Waals surface area (Å²) in [7, 11) is 0. The first-order valence-corrected chi connectivity index (χ1v) is 6.86.